The Kier molecular flexibility index (Phi) is 10.1. The Morgan fingerprint density at radius 3 is 2.52 bits per heavy atom. The highest BCUT2D eigenvalue weighted by molar-refractivity contribution is 14.0. The number of halogens is 2. The Labute approximate surface area is 159 Å². The molecule has 6 nitrogen and oxygen atoms in total. The van der Waals surface area contributed by atoms with Crippen LogP contribution in [0.1, 0.15) is 33.3 Å². The number of carbonyl (C=O) groups is 1. The fraction of sp³-hybridized carbons (Fsp3) is 0.533. The lowest BCUT2D eigenvalue weighted by Crippen LogP contribution is -2.48. The predicted octanol–water partition coefficient (Wildman–Crippen LogP) is 2.32. The molecule has 0 aliphatic rings. The Morgan fingerprint density at radius 1 is 1.30 bits per heavy atom. The van der Waals surface area contributed by atoms with Gasteiger partial charge in [-0.15, -0.1) is 24.0 Å². The first-order valence-corrected chi connectivity index (χ1v) is 7.61. The summed E-state index contributed by atoms with van der Waals surface area (Å²) < 4.78 is 0. The van der Waals surface area contributed by atoms with E-state index in [1.165, 1.54) is 0 Å². The minimum atomic E-state index is -0.247. The molecule has 0 saturated heterocycles. The van der Waals surface area contributed by atoms with Crippen LogP contribution in [0.25, 0.3) is 0 Å². The van der Waals surface area contributed by atoms with Crippen LogP contribution in [0, 0.1) is 0 Å². The number of hydrogen-bond donors (Lipinski definition) is 3. The van der Waals surface area contributed by atoms with Crippen molar-refractivity contribution in [3.05, 3.63) is 29.0 Å². The maximum Gasteiger partial charge on any atom is 0.239 e. The van der Waals surface area contributed by atoms with Crippen molar-refractivity contribution >= 4 is 47.4 Å². The number of guanidine groups is 1. The van der Waals surface area contributed by atoms with Gasteiger partial charge < -0.3 is 16.0 Å². The van der Waals surface area contributed by atoms with Crippen molar-refractivity contribution in [2.24, 2.45) is 4.99 Å². The highest BCUT2D eigenvalue weighted by Crippen LogP contribution is 2.06. The average molecular weight is 454 g/mol. The van der Waals surface area contributed by atoms with Gasteiger partial charge >= 0.3 is 0 Å². The Bertz CT molecular complexity index is 514. The van der Waals surface area contributed by atoms with Gasteiger partial charge in [0.15, 0.2) is 5.96 Å². The highest BCUT2D eigenvalue weighted by atomic mass is 127. The van der Waals surface area contributed by atoms with Gasteiger partial charge in [0, 0.05) is 18.3 Å². The van der Waals surface area contributed by atoms with Gasteiger partial charge in [-0.2, -0.15) is 0 Å². The van der Waals surface area contributed by atoms with E-state index in [1.807, 2.05) is 33.8 Å². The number of nitrogens with one attached hydrogen (secondary N) is 3. The molecule has 0 fully saturated rings. The lowest BCUT2D eigenvalue weighted by molar-refractivity contribution is -0.121. The molecule has 130 valence electrons. The van der Waals surface area contributed by atoms with E-state index >= 15 is 0 Å². The fourth-order valence-electron chi connectivity index (χ4n) is 1.64. The maximum atomic E-state index is 11.8. The van der Waals surface area contributed by atoms with Crippen LogP contribution >= 0.6 is 35.6 Å². The molecule has 0 radical (unpaired) electrons. The molecule has 1 rings (SSSR count). The number of hydrogen-bond acceptors (Lipinski definition) is 3. The molecule has 1 heterocycles. The molecule has 1 aromatic rings. The third kappa shape index (κ3) is 10.3. The first-order chi connectivity index (χ1) is 10.3. The van der Waals surface area contributed by atoms with E-state index in [-0.39, 0.29) is 42.0 Å². The summed E-state index contributed by atoms with van der Waals surface area (Å²) in [6, 6.07) is 3.60. The van der Waals surface area contributed by atoms with Gasteiger partial charge in [-0.1, -0.05) is 17.7 Å². The van der Waals surface area contributed by atoms with Crippen LogP contribution in [0.15, 0.2) is 23.3 Å². The van der Waals surface area contributed by atoms with Gasteiger partial charge in [0.1, 0.15) is 5.15 Å². The molecular weight excluding hydrogens is 429 g/mol. The van der Waals surface area contributed by atoms with E-state index in [4.69, 9.17) is 11.6 Å². The van der Waals surface area contributed by atoms with E-state index in [2.05, 4.69) is 25.9 Å². The molecule has 0 unspecified atom stereocenters. The first-order valence-electron chi connectivity index (χ1n) is 7.24. The van der Waals surface area contributed by atoms with Crippen LogP contribution in [-0.4, -0.2) is 35.5 Å². The third-order valence-corrected chi connectivity index (χ3v) is 2.71. The van der Waals surface area contributed by atoms with Crippen molar-refractivity contribution in [2.75, 3.05) is 13.1 Å². The van der Waals surface area contributed by atoms with E-state index in [0.717, 1.165) is 5.56 Å². The number of aliphatic imine (C=N–C) groups is 1. The lowest BCUT2D eigenvalue weighted by atomic mass is 10.1. The molecule has 23 heavy (non-hydrogen) atoms. The number of rotatable bonds is 5. The largest absolute Gasteiger partial charge is 0.357 e. The summed E-state index contributed by atoms with van der Waals surface area (Å²) in [7, 11) is 0. The Hall–Kier alpha value is -1.09. The van der Waals surface area contributed by atoms with Gasteiger partial charge in [-0.05, 0) is 39.3 Å². The van der Waals surface area contributed by atoms with Crippen molar-refractivity contribution in [1.82, 2.24) is 20.9 Å². The number of aromatic nitrogens is 1. The SMILES string of the molecule is CCNC(=NCc1ccc(Cl)nc1)NCC(=O)NC(C)(C)C.I. The second-order valence-corrected chi connectivity index (χ2v) is 6.22. The Morgan fingerprint density at radius 2 is 2.00 bits per heavy atom. The summed E-state index contributed by atoms with van der Waals surface area (Å²) in [5, 5.41) is 9.44. The zero-order valence-corrected chi connectivity index (χ0v) is 17.0. The Balaban J connectivity index is 0.00000484. The average Bonchev–Trinajstić information content (AvgIpc) is 2.42. The van der Waals surface area contributed by atoms with Crippen LogP contribution in [0.5, 0.6) is 0 Å². The number of nitrogens with zero attached hydrogens (tertiary/aromatic N) is 2. The third-order valence-electron chi connectivity index (χ3n) is 2.48. The molecule has 8 heteroatoms. The van der Waals surface area contributed by atoms with Crippen LogP contribution < -0.4 is 16.0 Å². The minimum absolute atomic E-state index is 0. The van der Waals surface area contributed by atoms with Crippen molar-refractivity contribution in [2.45, 2.75) is 39.8 Å². The van der Waals surface area contributed by atoms with Crippen LogP contribution in [-0.2, 0) is 11.3 Å². The summed E-state index contributed by atoms with van der Waals surface area (Å²) in [5.74, 6) is 0.507. The number of carbonyl (C=O) groups excluding carboxylic acids is 1. The molecule has 0 saturated carbocycles. The van der Waals surface area contributed by atoms with Gasteiger partial charge in [-0.3, -0.25) is 4.79 Å². The molecule has 1 amide bonds. The standard InChI is InChI=1S/C15H24ClN5O.HI/c1-5-17-14(20-10-13(22)21-15(2,3)4)19-9-11-6-7-12(16)18-8-11;/h6-8H,5,9-10H2,1-4H3,(H,21,22)(H2,17,19,20);1H. The van der Waals surface area contributed by atoms with Crippen molar-refractivity contribution in [3.8, 4) is 0 Å². The summed E-state index contributed by atoms with van der Waals surface area (Å²) in [5.41, 5.74) is 0.698. The molecule has 3 N–H and O–H groups in total. The number of pyridine rings is 1. The van der Waals surface area contributed by atoms with E-state index in [0.29, 0.717) is 24.2 Å². The topological polar surface area (TPSA) is 78.4 Å². The molecule has 0 spiro atoms. The predicted molar refractivity (Wildman–Crippen MR) is 105 cm³/mol. The van der Waals surface area contributed by atoms with E-state index < -0.39 is 0 Å². The second-order valence-electron chi connectivity index (χ2n) is 5.84. The van der Waals surface area contributed by atoms with Gasteiger partial charge in [0.2, 0.25) is 5.91 Å². The fourth-order valence-corrected chi connectivity index (χ4v) is 1.75. The monoisotopic (exact) mass is 453 g/mol. The first kappa shape index (κ1) is 21.9. The van der Waals surface area contributed by atoms with Crippen LogP contribution in [0.2, 0.25) is 5.15 Å². The van der Waals surface area contributed by atoms with E-state index in [1.54, 1.807) is 12.3 Å². The molecular formula is C15H25ClIN5O. The maximum absolute atomic E-state index is 11.8. The summed E-state index contributed by atoms with van der Waals surface area (Å²) in [6.45, 7) is 9.14. The summed E-state index contributed by atoms with van der Waals surface area (Å²) >= 11 is 5.75. The molecule has 1 aromatic heterocycles. The highest BCUT2D eigenvalue weighted by Gasteiger charge is 2.13. The van der Waals surface area contributed by atoms with Crippen LogP contribution in [0.4, 0.5) is 0 Å². The molecule has 0 aromatic carbocycles. The lowest BCUT2D eigenvalue weighted by Gasteiger charge is -2.21. The smallest absolute Gasteiger partial charge is 0.239 e. The normalized spacial score (nSPS) is 11.4. The van der Waals surface area contributed by atoms with Gasteiger partial charge in [0.05, 0.1) is 13.1 Å². The number of amides is 1. The molecule has 0 aliphatic carbocycles. The zero-order chi connectivity index (χ0) is 16.6. The molecule has 0 bridgehead atoms. The van der Waals surface area contributed by atoms with Gasteiger partial charge in [-0.25, -0.2) is 9.98 Å². The molecule has 0 atom stereocenters. The van der Waals surface area contributed by atoms with Crippen molar-refractivity contribution in [3.63, 3.8) is 0 Å². The second kappa shape index (κ2) is 10.6. The quantitative estimate of drug-likeness (QED) is 0.277. The van der Waals surface area contributed by atoms with Crippen LogP contribution in [0.3, 0.4) is 0 Å². The minimum Gasteiger partial charge on any atom is -0.357 e. The van der Waals surface area contributed by atoms with Crippen molar-refractivity contribution < 1.29 is 4.79 Å². The summed E-state index contributed by atoms with van der Waals surface area (Å²) in [4.78, 5) is 20.2. The zero-order valence-electron chi connectivity index (χ0n) is 13.9. The van der Waals surface area contributed by atoms with E-state index in [9.17, 15) is 4.79 Å². The van der Waals surface area contributed by atoms with Gasteiger partial charge in [0.25, 0.3) is 0 Å². The summed E-state index contributed by atoms with van der Waals surface area (Å²) in [6.07, 6.45) is 1.68. The van der Waals surface area contributed by atoms with Crippen molar-refractivity contribution in [1.29, 1.82) is 0 Å². The molecule has 0 aliphatic heterocycles.